The summed E-state index contributed by atoms with van der Waals surface area (Å²) in [4.78, 5) is 14.1. The molecule has 1 aromatic carbocycles. The number of hydrogen-bond donors (Lipinski definition) is 0. The van der Waals surface area contributed by atoms with Crippen LogP contribution in [0, 0.1) is 6.92 Å². The lowest BCUT2D eigenvalue weighted by Gasteiger charge is -2.09. The minimum atomic E-state index is -1.74. The van der Waals surface area contributed by atoms with E-state index in [-0.39, 0.29) is 13.2 Å². The van der Waals surface area contributed by atoms with E-state index in [0.29, 0.717) is 10.8 Å². The predicted molar refractivity (Wildman–Crippen MR) is 90.2 cm³/mol. The minimum Gasteiger partial charge on any atom is -0.347 e. The molecule has 0 radical (unpaired) electrons. The molecule has 2 rings (SSSR count). The molecule has 0 N–H and O–H groups in total. The van der Waals surface area contributed by atoms with Gasteiger partial charge in [-0.25, -0.2) is 18.1 Å². The van der Waals surface area contributed by atoms with Crippen LogP contribution in [0.3, 0.4) is 0 Å². The van der Waals surface area contributed by atoms with Gasteiger partial charge in [-0.15, -0.1) is 5.10 Å². The quantitative estimate of drug-likeness (QED) is 0.741. The fourth-order valence-corrected chi connectivity index (χ4v) is 2.84. The summed E-state index contributed by atoms with van der Waals surface area (Å²) in [6.07, 6.45) is -1.50. The first kappa shape index (κ1) is 18.3. The third kappa shape index (κ3) is 4.30. The van der Waals surface area contributed by atoms with Gasteiger partial charge in [-0.2, -0.15) is 0 Å². The molecule has 0 saturated carbocycles. The number of halogens is 1. The van der Waals surface area contributed by atoms with Gasteiger partial charge in [0.05, 0.1) is 18.0 Å². The fourth-order valence-electron chi connectivity index (χ4n) is 2.08. The first-order valence-corrected chi connectivity index (χ1v) is 8.44. The van der Waals surface area contributed by atoms with E-state index in [9.17, 15) is 13.4 Å². The molecule has 0 spiro atoms. The van der Waals surface area contributed by atoms with Gasteiger partial charge in [-0.1, -0.05) is 17.7 Å². The first-order valence-electron chi connectivity index (χ1n) is 7.36. The largest absolute Gasteiger partial charge is 0.347 e. The second-order valence-electron chi connectivity index (χ2n) is 5.65. The van der Waals surface area contributed by atoms with E-state index in [1.807, 2.05) is 6.92 Å². The van der Waals surface area contributed by atoms with Crippen LogP contribution in [0.2, 0.25) is 0 Å². The average molecular weight is 356 g/mol. The molecule has 2 atom stereocenters. The van der Waals surface area contributed by atoms with E-state index >= 15 is 0 Å². The number of benzene rings is 1. The molecule has 132 valence electrons. The Bertz CT molecular complexity index is 770. The first-order chi connectivity index (χ1) is 11.3. The summed E-state index contributed by atoms with van der Waals surface area (Å²) in [7, 11) is 5.05. The highest BCUT2D eigenvalue weighted by Crippen LogP contribution is 2.10. The molecule has 7 nitrogen and oxygen atoms in total. The predicted octanol–water partition coefficient (Wildman–Crippen LogP) is 1.03. The van der Waals surface area contributed by atoms with E-state index in [2.05, 4.69) is 5.10 Å². The van der Waals surface area contributed by atoms with Gasteiger partial charge in [0.2, 0.25) is 5.95 Å². The van der Waals surface area contributed by atoms with Crippen LogP contribution in [0.5, 0.6) is 0 Å². The summed E-state index contributed by atoms with van der Waals surface area (Å²) in [6.45, 7) is 1.27. The molecule has 1 aromatic heterocycles. The Morgan fingerprint density at radius 1 is 1.33 bits per heavy atom. The van der Waals surface area contributed by atoms with E-state index < -0.39 is 22.9 Å². The summed E-state index contributed by atoms with van der Waals surface area (Å²) in [6, 6.07) is 6.95. The van der Waals surface area contributed by atoms with Gasteiger partial charge < -0.3 is 4.90 Å². The van der Waals surface area contributed by atoms with Crippen molar-refractivity contribution in [2.24, 2.45) is 7.05 Å². The summed E-state index contributed by atoms with van der Waals surface area (Å²) < 4.78 is 33.5. The van der Waals surface area contributed by atoms with Gasteiger partial charge in [0.25, 0.3) is 0 Å². The van der Waals surface area contributed by atoms with Gasteiger partial charge in [0.1, 0.15) is 6.17 Å². The molecule has 0 aliphatic heterocycles. The number of aromatic nitrogens is 3. The van der Waals surface area contributed by atoms with Crippen molar-refractivity contribution in [3.8, 4) is 0 Å². The fraction of sp³-hybridized carbons (Fsp3) is 0.467. The van der Waals surface area contributed by atoms with E-state index in [1.165, 1.54) is 4.57 Å². The smallest absolute Gasteiger partial charge is 0.347 e. The SMILES string of the molecule is Cc1ccc(S(=O)OCC(F)Cn2nc(N(C)C)n(C)c2=O)cc1. The van der Waals surface area contributed by atoms with Crippen LogP contribution in [-0.2, 0) is 28.9 Å². The summed E-state index contributed by atoms with van der Waals surface area (Å²) in [5.74, 6) is 0.427. The van der Waals surface area contributed by atoms with Crippen molar-refractivity contribution in [3.63, 3.8) is 0 Å². The van der Waals surface area contributed by atoms with Crippen molar-refractivity contribution in [3.05, 3.63) is 40.3 Å². The van der Waals surface area contributed by atoms with Crippen molar-refractivity contribution >= 4 is 17.0 Å². The third-order valence-electron chi connectivity index (χ3n) is 3.36. The molecule has 0 bridgehead atoms. The topological polar surface area (TPSA) is 69.4 Å². The zero-order chi connectivity index (χ0) is 17.9. The maximum Gasteiger partial charge on any atom is 0.347 e. The Balaban J connectivity index is 1.95. The van der Waals surface area contributed by atoms with Crippen molar-refractivity contribution in [2.45, 2.75) is 24.5 Å². The van der Waals surface area contributed by atoms with E-state index in [4.69, 9.17) is 4.18 Å². The Morgan fingerprint density at radius 2 is 1.96 bits per heavy atom. The molecule has 0 saturated heterocycles. The van der Waals surface area contributed by atoms with E-state index in [0.717, 1.165) is 10.2 Å². The number of hydrogen-bond acceptors (Lipinski definition) is 5. The normalized spacial score (nSPS) is 13.7. The Hall–Kier alpha value is -2.00. The van der Waals surface area contributed by atoms with Gasteiger partial charge in [0, 0.05) is 21.1 Å². The highest BCUT2D eigenvalue weighted by Gasteiger charge is 2.17. The molecule has 0 aliphatic rings. The maximum atomic E-state index is 14.1. The second-order valence-corrected chi connectivity index (χ2v) is 6.82. The number of alkyl halides is 1. The van der Waals surface area contributed by atoms with Crippen molar-refractivity contribution < 1.29 is 12.8 Å². The third-order valence-corrected chi connectivity index (χ3v) is 4.37. The summed E-state index contributed by atoms with van der Waals surface area (Å²) >= 11 is -1.74. The molecule has 2 aromatic rings. The summed E-state index contributed by atoms with van der Waals surface area (Å²) in [5.41, 5.74) is 0.617. The molecule has 0 fully saturated rings. The average Bonchev–Trinajstić information content (AvgIpc) is 2.82. The standard InChI is InChI=1S/C15H21FN4O3S/c1-11-5-7-13(8-6-11)24(22)23-10-12(16)9-20-15(21)19(4)14(17-20)18(2)3/h5-8,12H,9-10H2,1-4H3. The van der Waals surface area contributed by atoms with Crippen LogP contribution in [0.15, 0.2) is 34.0 Å². The highest BCUT2D eigenvalue weighted by atomic mass is 32.2. The molecule has 0 amide bonds. The number of nitrogens with zero attached hydrogens (tertiary/aromatic N) is 4. The monoisotopic (exact) mass is 356 g/mol. The molecule has 0 aliphatic carbocycles. The lowest BCUT2D eigenvalue weighted by atomic mass is 10.2. The molecular weight excluding hydrogens is 335 g/mol. The number of rotatable bonds is 7. The van der Waals surface area contributed by atoms with Gasteiger partial charge >= 0.3 is 5.69 Å². The van der Waals surface area contributed by atoms with Crippen molar-refractivity contribution in [1.82, 2.24) is 14.3 Å². The van der Waals surface area contributed by atoms with Crippen LogP contribution in [-0.4, -0.2) is 45.4 Å². The van der Waals surface area contributed by atoms with Gasteiger partial charge in [0.15, 0.2) is 11.1 Å². The lowest BCUT2D eigenvalue weighted by molar-refractivity contribution is 0.185. The van der Waals surface area contributed by atoms with E-state index in [1.54, 1.807) is 50.3 Å². The van der Waals surface area contributed by atoms with Crippen LogP contribution >= 0.6 is 0 Å². The Kier molecular flexibility index (Phi) is 5.89. The van der Waals surface area contributed by atoms with Crippen LogP contribution in [0.1, 0.15) is 5.56 Å². The Morgan fingerprint density at radius 3 is 2.50 bits per heavy atom. The number of anilines is 1. The van der Waals surface area contributed by atoms with Crippen LogP contribution in [0.25, 0.3) is 0 Å². The van der Waals surface area contributed by atoms with Crippen molar-refractivity contribution in [2.75, 3.05) is 25.6 Å². The van der Waals surface area contributed by atoms with Gasteiger partial charge in [-0.3, -0.25) is 8.75 Å². The minimum absolute atomic E-state index is 0.258. The van der Waals surface area contributed by atoms with Crippen LogP contribution in [0.4, 0.5) is 10.3 Å². The second kappa shape index (κ2) is 7.71. The molecular formula is C15H21FN4O3S. The zero-order valence-corrected chi connectivity index (χ0v) is 14.9. The molecule has 1 heterocycles. The summed E-state index contributed by atoms with van der Waals surface area (Å²) in [5, 5.41) is 4.07. The molecule has 24 heavy (non-hydrogen) atoms. The lowest BCUT2D eigenvalue weighted by Crippen LogP contribution is -2.29. The zero-order valence-electron chi connectivity index (χ0n) is 14.1. The van der Waals surface area contributed by atoms with Crippen molar-refractivity contribution in [1.29, 1.82) is 0 Å². The molecule has 9 heteroatoms. The highest BCUT2D eigenvalue weighted by molar-refractivity contribution is 7.80. The maximum absolute atomic E-state index is 14.1. The number of aryl methyl sites for hydroxylation is 1. The Labute approximate surface area is 142 Å². The molecule has 2 unspecified atom stereocenters. The van der Waals surface area contributed by atoms with Crippen LogP contribution < -0.4 is 10.6 Å². The van der Waals surface area contributed by atoms with Gasteiger partial charge in [-0.05, 0) is 19.1 Å².